The molecule has 1 aliphatic heterocycles. The van der Waals surface area contributed by atoms with Crippen molar-refractivity contribution in [2.45, 2.75) is 25.5 Å². The van der Waals surface area contributed by atoms with E-state index in [2.05, 4.69) is 4.98 Å². The fourth-order valence-electron chi connectivity index (χ4n) is 3.75. The third kappa shape index (κ3) is 3.85. The molecule has 1 aromatic heterocycles. The molecule has 0 N–H and O–H groups in total. The van der Waals surface area contributed by atoms with Gasteiger partial charge in [0.05, 0.1) is 18.7 Å². The summed E-state index contributed by atoms with van der Waals surface area (Å²) in [6.45, 7) is 1.80. The molecule has 4 rings (SSSR count). The van der Waals surface area contributed by atoms with Crippen LogP contribution in [0.2, 0.25) is 0 Å². The van der Waals surface area contributed by atoms with E-state index in [9.17, 15) is 4.79 Å². The van der Waals surface area contributed by atoms with E-state index in [0.717, 1.165) is 41.7 Å². The van der Waals surface area contributed by atoms with Gasteiger partial charge in [-0.25, -0.2) is 0 Å². The molecule has 1 saturated heterocycles. The van der Waals surface area contributed by atoms with Gasteiger partial charge in [0.25, 0.3) is 5.91 Å². The summed E-state index contributed by atoms with van der Waals surface area (Å²) < 4.78 is 11.3. The first-order valence-electron chi connectivity index (χ1n) is 9.63. The van der Waals surface area contributed by atoms with E-state index >= 15 is 0 Å². The molecule has 1 atom stereocenters. The number of amides is 1. The maximum Gasteiger partial charge on any atom is 0.254 e. The number of methoxy groups -OCH3 is 1. The van der Waals surface area contributed by atoms with Crippen molar-refractivity contribution in [2.75, 3.05) is 20.3 Å². The van der Waals surface area contributed by atoms with Gasteiger partial charge in [0.15, 0.2) is 0 Å². The maximum absolute atomic E-state index is 13.6. The molecule has 1 aliphatic rings. The van der Waals surface area contributed by atoms with Gasteiger partial charge in [-0.15, -0.1) is 0 Å². The van der Waals surface area contributed by atoms with Gasteiger partial charge in [-0.1, -0.05) is 30.3 Å². The number of carbonyl (C=O) groups is 1. The van der Waals surface area contributed by atoms with Crippen molar-refractivity contribution in [1.82, 2.24) is 9.88 Å². The normalized spacial score (nSPS) is 16.2. The number of rotatable bonds is 6. The number of ether oxygens (including phenoxy) is 2. The summed E-state index contributed by atoms with van der Waals surface area (Å²) in [5.41, 5.74) is 2.47. The standard InChI is InChI=1S/C23H24N2O3/c1-27-22-12-3-2-7-17(22)15-25(16-18-8-6-14-28-18)23(26)20-9-4-11-21-19(20)10-5-13-24-21/h2-5,7,9-13,18H,6,8,14-16H2,1H3. The topological polar surface area (TPSA) is 51.7 Å². The lowest BCUT2D eigenvalue weighted by atomic mass is 10.1. The number of hydrogen-bond donors (Lipinski definition) is 0. The molecule has 5 heteroatoms. The van der Waals surface area contributed by atoms with Crippen LogP contribution in [0.5, 0.6) is 5.75 Å². The first-order chi connectivity index (χ1) is 13.8. The van der Waals surface area contributed by atoms with Crippen molar-refractivity contribution in [3.8, 4) is 5.75 Å². The molecule has 144 valence electrons. The molecule has 1 amide bonds. The lowest BCUT2D eigenvalue weighted by Gasteiger charge is -2.27. The van der Waals surface area contributed by atoms with Gasteiger partial charge < -0.3 is 14.4 Å². The van der Waals surface area contributed by atoms with Crippen LogP contribution < -0.4 is 4.74 Å². The monoisotopic (exact) mass is 376 g/mol. The minimum Gasteiger partial charge on any atom is -0.496 e. The van der Waals surface area contributed by atoms with E-state index in [1.165, 1.54) is 0 Å². The number of fused-ring (bicyclic) bond motifs is 1. The fourth-order valence-corrected chi connectivity index (χ4v) is 3.75. The van der Waals surface area contributed by atoms with Crippen LogP contribution in [0.4, 0.5) is 0 Å². The van der Waals surface area contributed by atoms with Gasteiger partial charge in [-0.2, -0.15) is 0 Å². The number of benzene rings is 2. The van der Waals surface area contributed by atoms with Crippen LogP contribution in [0.3, 0.4) is 0 Å². The van der Waals surface area contributed by atoms with Crippen molar-refractivity contribution < 1.29 is 14.3 Å². The highest BCUT2D eigenvalue weighted by Gasteiger charge is 2.25. The van der Waals surface area contributed by atoms with Crippen LogP contribution in [0.15, 0.2) is 60.8 Å². The molecular formula is C23H24N2O3. The summed E-state index contributed by atoms with van der Waals surface area (Å²) in [7, 11) is 1.65. The Hall–Kier alpha value is -2.92. The van der Waals surface area contributed by atoms with E-state index < -0.39 is 0 Å². The zero-order valence-corrected chi connectivity index (χ0v) is 16.0. The molecule has 28 heavy (non-hydrogen) atoms. The number of para-hydroxylation sites is 1. The van der Waals surface area contributed by atoms with E-state index in [4.69, 9.17) is 9.47 Å². The predicted octanol–water partition coefficient (Wildman–Crippen LogP) is 4.06. The molecule has 5 nitrogen and oxygen atoms in total. The molecule has 1 fully saturated rings. The Morgan fingerprint density at radius 2 is 2.07 bits per heavy atom. The zero-order chi connectivity index (χ0) is 19.3. The summed E-state index contributed by atoms with van der Waals surface area (Å²) in [4.78, 5) is 19.8. The number of aromatic nitrogens is 1. The Bertz CT molecular complexity index is 961. The van der Waals surface area contributed by atoms with E-state index in [-0.39, 0.29) is 12.0 Å². The van der Waals surface area contributed by atoms with Crippen LogP contribution in [0, 0.1) is 0 Å². The first-order valence-corrected chi connectivity index (χ1v) is 9.63. The molecule has 2 heterocycles. The fraction of sp³-hybridized carbons (Fsp3) is 0.304. The van der Waals surface area contributed by atoms with Crippen LogP contribution in [-0.4, -0.2) is 42.2 Å². The second-order valence-electron chi connectivity index (χ2n) is 7.01. The Balaban J connectivity index is 1.68. The number of nitrogens with zero attached hydrogens (tertiary/aromatic N) is 2. The van der Waals surface area contributed by atoms with Gasteiger partial charge in [-0.05, 0) is 37.1 Å². The Morgan fingerprint density at radius 1 is 1.18 bits per heavy atom. The third-order valence-electron chi connectivity index (χ3n) is 5.17. The third-order valence-corrected chi connectivity index (χ3v) is 5.17. The second kappa shape index (κ2) is 8.40. The molecule has 0 aliphatic carbocycles. The lowest BCUT2D eigenvalue weighted by molar-refractivity contribution is 0.0507. The maximum atomic E-state index is 13.6. The average molecular weight is 376 g/mol. The van der Waals surface area contributed by atoms with E-state index in [0.29, 0.717) is 18.7 Å². The van der Waals surface area contributed by atoms with Crippen LogP contribution >= 0.6 is 0 Å². The molecule has 1 unspecified atom stereocenters. The molecule has 0 spiro atoms. The quantitative estimate of drug-likeness (QED) is 0.651. The SMILES string of the molecule is COc1ccccc1CN(CC1CCCO1)C(=O)c1cccc2ncccc12. The lowest BCUT2D eigenvalue weighted by Crippen LogP contribution is -2.37. The number of pyridine rings is 1. The second-order valence-corrected chi connectivity index (χ2v) is 7.01. The van der Waals surface area contributed by atoms with Crippen molar-refractivity contribution >= 4 is 16.8 Å². The van der Waals surface area contributed by atoms with Crippen LogP contribution in [0.1, 0.15) is 28.8 Å². The zero-order valence-electron chi connectivity index (χ0n) is 16.0. The smallest absolute Gasteiger partial charge is 0.254 e. The minimum atomic E-state index is -0.0139. The summed E-state index contributed by atoms with van der Waals surface area (Å²) >= 11 is 0. The summed E-state index contributed by atoms with van der Waals surface area (Å²) in [6, 6.07) is 17.3. The van der Waals surface area contributed by atoms with Crippen molar-refractivity contribution in [2.24, 2.45) is 0 Å². The van der Waals surface area contributed by atoms with Crippen LogP contribution in [-0.2, 0) is 11.3 Å². The summed E-state index contributed by atoms with van der Waals surface area (Å²) in [6.07, 6.45) is 3.84. The van der Waals surface area contributed by atoms with Gasteiger partial charge in [0.1, 0.15) is 5.75 Å². The van der Waals surface area contributed by atoms with Crippen LogP contribution in [0.25, 0.3) is 10.9 Å². The Morgan fingerprint density at radius 3 is 2.89 bits per heavy atom. The molecule has 3 aromatic rings. The van der Waals surface area contributed by atoms with E-state index in [1.807, 2.05) is 59.5 Å². The summed E-state index contributed by atoms with van der Waals surface area (Å²) in [5, 5.41) is 0.868. The van der Waals surface area contributed by atoms with E-state index in [1.54, 1.807) is 13.3 Å². The molecular weight excluding hydrogens is 352 g/mol. The van der Waals surface area contributed by atoms with Gasteiger partial charge in [0, 0.05) is 42.4 Å². The predicted molar refractivity (Wildman–Crippen MR) is 108 cm³/mol. The van der Waals surface area contributed by atoms with Crippen molar-refractivity contribution in [3.05, 3.63) is 71.9 Å². The molecule has 0 saturated carbocycles. The van der Waals surface area contributed by atoms with Crippen molar-refractivity contribution in [3.63, 3.8) is 0 Å². The van der Waals surface area contributed by atoms with Gasteiger partial charge >= 0.3 is 0 Å². The Kier molecular flexibility index (Phi) is 5.53. The number of carbonyl (C=O) groups excluding carboxylic acids is 1. The first kappa shape index (κ1) is 18.4. The molecule has 2 aromatic carbocycles. The van der Waals surface area contributed by atoms with Crippen molar-refractivity contribution in [1.29, 1.82) is 0 Å². The largest absolute Gasteiger partial charge is 0.496 e. The minimum absolute atomic E-state index is 0.0139. The molecule has 0 radical (unpaired) electrons. The summed E-state index contributed by atoms with van der Waals surface area (Å²) in [5.74, 6) is 0.771. The highest BCUT2D eigenvalue weighted by Crippen LogP contribution is 2.24. The average Bonchev–Trinajstić information content (AvgIpc) is 3.26. The number of hydrogen-bond acceptors (Lipinski definition) is 4. The van der Waals surface area contributed by atoms with Gasteiger partial charge in [0.2, 0.25) is 0 Å². The highest BCUT2D eigenvalue weighted by molar-refractivity contribution is 6.06. The van der Waals surface area contributed by atoms with Gasteiger partial charge in [-0.3, -0.25) is 9.78 Å². The highest BCUT2D eigenvalue weighted by atomic mass is 16.5. The molecule has 0 bridgehead atoms. The Labute approximate surface area is 164 Å².